The van der Waals surface area contributed by atoms with Crippen LogP contribution in [0, 0.1) is 23.7 Å². The normalized spacial score (nSPS) is 30.8. The highest BCUT2D eigenvalue weighted by Crippen LogP contribution is 2.69. The lowest BCUT2D eigenvalue weighted by Crippen LogP contribution is -2.72. The number of phenols is 1. The van der Waals surface area contributed by atoms with Crippen LogP contribution in [0.15, 0.2) is 101 Å². The Morgan fingerprint density at radius 3 is 2.18 bits per heavy atom. The number of aromatic hydroxyl groups is 1. The molecule has 9 unspecified atom stereocenters. The van der Waals surface area contributed by atoms with Gasteiger partial charge in [-0.2, -0.15) is 0 Å². The molecule has 0 radical (unpaired) electrons. The second-order valence-electron chi connectivity index (χ2n) is 27.0. The van der Waals surface area contributed by atoms with E-state index in [1.165, 1.54) is 38.5 Å². The van der Waals surface area contributed by atoms with Crippen molar-refractivity contribution in [2.75, 3.05) is 34.2 Å². The van der Waals surface area contributed by atoms with E-state index in [-0.39, 0.29) is 95.2 Å². The average Bonchev–Trinajstić information content (AvgIpc) is 1.42. The maximum Gasteiger partial charge on any atom is 0.343 e. The predicted octanol–water partition coefficient (Wildman–Crippen LogP) is 8.09. The number of amides is 1. The summed E-state index contributed by atoms with van der Waals surface area (Å²) in [4.78, 5) is 75.9. The van der Waals surface area contributed by atoms with E-state index in [0.29, 0.717) is 57.9 Å². The van der Waals surface area contributed by atoms with Gasteiger partial charge < -0.3 is 83.0 Å². The number of phenolic OH excluding ortho intramolecular Hbond substituents is 1. The number of cyclic esters (lactones) is 1. The number of aliphatic hydroxyl groups is 4. The number of fused-ring (bicyclic) bond motifs is 5. The molecule has 4 aromatic rings. The molecule has 6 N–H and O–H groups in total. The summed E-state index contributed by atoms with van der Waals surface area (Å²) in [6.45, 7) is 14.4. The van der Waals surface area contributed by atoms with E-state index in [2.05, 4.69) is 11.4 Å². The van der Waals surface area contributed by atoms with E-state index in [4.69, 9.17) is 52.1 Å². The maximum atomic E-state index is 16.3. The van der Waals surface area contributed by atoms with E-state index in [1.54, 1.807) is 49.4 Å². The van der Waals surface area contributed by atoms with E-state index < -0.39 is 119 Å². The number of rotatable bonds is 17. The number of Topliss-reactive ketones (excluding diaryl/α,β-unsaturated/α-hetero) is 2. The minimum Gasteiger partial charge on any atom is -0.502 e. The van der Waals surface area contributed by atoms with Gasteiger partial charge >= 0.3 is 11.9 Å². The van der Waals surface area contributed by atoms with Crippen LogP contribution in [0.4, 0.5) is 0 Å². The number of carbonyl (C=O) groups is 5. The number of carbonyl (C=O) groups excluding carboxylic acids is 5. The molecule has 6 aliphatic heterocycles. The number of esters is 2. The molecule has 1 spiro atoms. The number of methoxy groups -OCH3 is 2. The SMILES string of the molecule is COc1cc(C2c3cc4c(cc3C(NC(=O)C(C)=CCC35OC(C)(C)C6CC(C=C7C(=O)c8c(OC(=O)c9ccc(O[C@@H]%10O[C@H](CO)[C@@H](O)[C@H](O)[C@H]%10O)cc9)c9c(c(CC=C(C)C)c8OC763)OC(C)(CCC=C(C)C)C=C9)C5=O)C3COC(=O)C23)OCO4)cc(OC)c1O. The number of benzene rings is 4. The Kier molecular flexibility index (Phi) is 16.2. The van der Waals surface area contributed by atoms with E-state index >= 15 is 14.4 Å². The largest absolute Gasteiger partial charge is 0.502 e. The van der Waals surface area contributed by atoms with Gasteiger partial charge in [0.05, 0.1) is 56.1 Å². The van der Waals surface area contributed by atoms with E-state index in [9.17, 15) is 35.1 Å². The van der Waals surface area contributed by atoms with Crippen LogP contribution in [-0.4, -0.2) is 142 Å². The quantitative estimate of drug-likeness (QED) is 0.0252. The minimum absolute atomic E-state index is 0.00938. The van der Waals surface area contributed by atoms with Crippen LogP contribution in [0.2, 0.25) is 0 Å². The number of ether oxygens (including phenoxy) is 11. The van der Waals surface area contributed by atoms with E-state index in [0.717, 1.165) is 11.1 Å². The predicted molar refractivity (Wildman–Crippen MR) is 335 cm³/mol. The highest BCUT2D eigenvalue weighted by Gasteiger charge is 2.81. The van der Waals surface area contributed by atoms with Crippen LogP contribution in [0.3, 0.4) is 0 Å². The molecular weight excluding hydrogens is 1210 g/mol. The lowest BCUT2D eigenvalue weighted by molar-refractivity contribution is -0.277. The molecule has 4 aliphatic carbocycles. The Morgan fingerprint density at radius 1 is 0.819 bits per heavy atom. The zero-order valence-electron chi connectivity index (χ0n) is 53.9. The molecule has 14 rings (SSSR count). The first-order valence-electron chi connectivity index (χ1n) is 31.7. The number of nitrogens with one attached hydrogen (secondary N) is 1. The van der Waals surface area contributed by atoms with Gasteiger partial charge in [-0.05, 0) is 158 Å². The second kappa shape index (κ2) is 23.7. The summed E-state index contributed by atoms with van der Waals surface area (Å²) in [6.07, 6.45) is 4.76. The molecule has 3 saturated heterocycles. The summed E-state index contributed by atoms with van der Waals surface area (Å²) in [6, 6.07) is 11.6. The number of hydrogen-bond acceptors (Lipinski definition) is 21. The molecular formula is C72H77NO21. The van der Waals surface area contributed by atoms with Crippen LogP contribution in [-0.2, 0) is 35.0 Å². The summed E-state index contributed by atoms with van der Waals surface area (Å²) in [7, 11) is 2.82. The number of aliphatic hydroxyl groups excluding tert-OH is 4. The number of hydrogen-bond donors (Lipinski definition) is 6. The Hall–Kier alpha value is -8.51. The van der Waals surface area contributed by atoms with Crippen molar-refractivity contribution in [1.82, 2.24) is 5.32 Å². The van der Waals surface area contributed by atoms with Crippen LogP contribution in [0.5, 0.6) is 51.7 Å². The van der Waals surface area contributed by atoms with Gasteiger partial charge in [-0.1, -0.05) is 35.5 Å². The Labute approximate surface area is 542 Å². The van der Waals surface area contributed by atoms with Crippen molar-refractivity contribution in [3.8, 4) is 51.7 Å². The van der Waals surface area contributed by atoms with Crippen molar-refractivity contribution < 1.29 is 102 Å². The van der Waals surface area contributed by atoms with Crippen molar-refractivity contribution in [2.45, 2.75) is 153 Å². The smallest absolute Gasteiger partial charge is 0.343 e. The average molecular weight is 1290 g/mol. The molecule has 0 aromatic heterocycles. The zero-order valence-corrected chi connectivity index (χ0v) is 53.9. The summed E-state index contributed by atoms with van der Waals surface area (Å²) in [5, 5.41) is 55.3. The van der Waals surface area contributed by atoms with Crippen molar-refractivity contribution in [1.29, 1.82) is 0 Å². The fraction of sp³-hybridized carbons (Fsp3) is 0.458. The molecule has 4 bridgehead atoms. The van der Waals surface area contributed by atoms with Crippen LogP contribution in [0.25, 0.3) is 6.08 Å². The van der Waals surface area contributed by atoms with Gasteiger partial charge in [0.2, 0.25) is 24.7 Å². The van der Waals surface area contributed by atoms with E-state index in [1.807, 2.05) is 60.6 Å². The number of ketones is 2. The van der Waals surface area contributed by atoms with Crippen molar-refractivity contribution in [2.24, 2.45) is 23.7 Å². The lowest BCUT2D eigenvalue weighted by Gasteiger charge is -2.56. The molecule has 94 heavy (non-hydrogen) atoms. The summed E-state index contributed by atoms with van der Waals surface area (Å²) >= 11 is 0. The molecule has 4 fully saturated rings. The monoisotopic (exact) mass is 1290 g/mol. The molecule has 1 saturated carbocycles. The Morgan fingerprint density at radius 2 is 1.51 bits per heavy atom. The molecule has 10 aliphatic rings. The zero-order chi connectivity index (χ0) is 66.8. The first kappa shape index (κ1) is 64.2. The molecule has 4 aromatic carbocycles. The molecule has 496 valence electrons. The van der Waals surface area contributed by atoms with Gasteiger partial charge in [-0.3, -0.25) is 19.2 Å². The van der Waals surface area contributed by atoms with Gasteiger partial charge in [0.25, 0.3) is 0 Å². The third-order valence-corrected chi connectivity index (χ3v) is 20.2. The highest BCUT2D eigenvalue weighted by molar-refractivity contribution is 6.19. The van der Waals surface area contributed by atoms with Crippen molar-refractivity contribution >= 4 is 35.5 Å². The second-order valence-corrected chi connectivity index (χ2v) is 27.0. The molecule has 14 atom stereocenters. The highest BCUT2D eigenvalue weighted by atomic mass is 16.7. The topological polar surface area (TPSA) is 300 Å². The third kappa shape index (κ3) is 10.2. The first-order valence-corrected chi connectivity index (χ1v) is 31.7. The number of allylic oxidation sites excluding steroid dienone is 5. The van der Waals surface area contributed by atoms with Gasteiger partial charge in [-0.15, -0.1) is 0 Å². The maximum absolute atomic E-state index is 16.3. The Balaban J connectivity index is 0.880. The van der Waals surface area contributed by atoms with Crippen LogP contribution < -0.4 is 43.2 Å². The van der Waals surface area contributed by atoms with Crippen molar-refractivity contribution in [3.63, 3.8) is 0 Å². The fourth-order valence-corrected chi connectivity index (χ4v) is 15.5. The molecule has 1 amide bonds. The third-order valence-electron chi connectivity index (χ3n) is 20.2. The van der Waals surface area contributed by atoms with Crippen LogP contribution in [0.1, 0.15) is 142 Å². The lowest BCUT2D eigenvalue weighted by atomic mass is 9.51. The van der Waals surface area contributed by atoms with Gasteiger partial charge in [0.15, 0.2) is 51.5 Å². The minimum atomic E-state index is -1.91. The summed E-state index contributed by atoms with van der Waals surface area (Å²) in [5.74, 6) is -5.24. The summed E-state index contributed by atoms with van der Waals surface area (Å²) < 4.78 is 68.5. The fourth-order valence-electron chi connectivity index (χ4n) is 15.5. The molecule has 22 nitrogen and oxygen atoms in total. The van der Waals surface area contributed by atoms with Gasteiger partial charge in [0, 0.05) is 46.8 Å². The summed E-state index contributed by atoms with van der Waals surface area (Å²) in [5.41, 5.74) is -0.804. The van der Waals surface area contributed by atoms with Gasteiger partial charge in [0.1, 0.15) is 52.8 Å². The Bertz CT molecular complexity index is 3970. The van der Waals surface area contributed by atoms with Crippen LogP contribution >= 0.6 is 0 Å². The molecule has 6 heterocycles. The van der Waals surface area contributed by atoms with Gasteiger partial charge in [-0.25, -0.2) is 4.79 Å². The van der Waals surface area contributed by atoms with Crippen molar-refractivity contribution in [3.05, 3.63) is 140 Å². The molecule has 22 heteroatoms. The first-order chi connectivity index (χ1) is 44.8. The standard InChI is InChI=1S/C72H77NO21/c1-33(2)12-11-21-70(8)22-20-41-61(92-70)40(18-13-34(3)4)63-54(62(41)91-66(82)36-14-16-39(17-15-36)89-68-60(79)59(78)58(77)50(30-74)90-68)56(75)45-24-38-27-51-69(6,7)94-71(64(38)80,72(45,51)93-63)23-19-35(5)65(81)73-55-43-29-47-46(87-32-88-47)28-42(43)52(53-44(55)31-86-67(53)83)37-25-48(84-9)57(76)49(26-37)85-10/h12-17,19-20,22,24-26,28-29,38,44,50-53,55,58-60,68,74,76-79H,11,18,21,23,27,30-32H2,1-10H3,(H,73,81)/t38?,44?,50-,51?,52?,53?,55?,58-,59+,60-,68-,70?,71?,72?/m1/s1.